The molecule has 5 heteroatoms. The Labute approximate surface area is 129 Å². The summed E-state index contributed by atoms with van der Waals surface area (Å²) in [5, 5.41) is 3.28. The Kier molecular flexibility index (Phi) is 7.93. The van der Waals surface area contributed by atoms with Gasteiger partial charge in [0.25, 0.3) is 0 Å². The van der Waals surface area contributed by atoms with Crippen molar-refractivity contribution in [1.29, 1.82) is 0 Å². The lowest BCUT2D eigenvalue weighted by molar-refractivity contribution is 0.409. The second-order valence-corrected chi connectivity index (χ2v) is 7.09. The van der Waals surface area contributed by atoms with Crippen LogP contribution in [0.2, 0.25) is 0 Å². The lowest BCUT2D eigenvalue weighted by Crippen LogP contribution is -2.33. The van der Waals surface area contributed by atoms with Crippen LogP contribution in [-0.4, -0.2) is 32.4 Å². The minimum atomic E-state index is -3.40. The summed E-state index contributed by atoms with van der Waals surface area (Å²) in [5.74, 6) is 0. The molecule has 120 valence electrons. The van der Waals surface area contributed by atoms with Crippen molar-refractivity contribution in [3.8, 4) is 0 Å². The average molecular weight is 312 g/mol. The molecule has 4 nitrogen and oxygen atoms in total. The molecule has 1 aromatic carbocycles. The third-order valence-corrected chi connectivity index (χ3v) is 5.28. The van der Waals surface area contributed by atoms with Crippen LogP contribution in [0.5, 0.6) is 0 Å². The second kappa shape index (κ2) is 9.18. The Morgan fingerprint density at radius 2 is 1.62 bits per heavy atom. The molecule has 0 aliphatic carbocycles. The summed E-state index contributed by atoms with van der Waals surface area (Å²) < 4.78 is 27.3. The van der Waals surface area contributed by atoms with Gasteiger partial charge in [-0.15, -0.1) is 0 Å². The fourth-order valence-corrected chi connectivity index (χ4v) is 4.14. The van der Waals surface area contributed by atoms with E-state index < -0.39 is 10.0 Å². The van der Waals surface area contributed by atoms with Crippen molar-refractivity contribution in [3.63, 3.8) is 0 Å². The molecule has 1 aromatic rings. The molecule has 21 heavy (non-hydrogen) atoms. The minimum Gasteiger partial charge on any atom is -0.313 e. The molecule has 0 unspecified atom stereocenters. The van der Waals surface area contributed by atoms with E-state index in [-0.39, 0.29) is 0 Å². The Morgan fingerprint density at radius 3 is 2.19 bits per heavy atom. The molecule has 0 spiro atoms. The highest BCUT2D eigenvalue weighted by molar-refractivity contribution is 7.89. The van der Waals surface area contributed by atoms with Gasteiger partial charge in [0, 0.05) is 19.6 Å². The van der Waals surface area contributed by atoms with Crippen LogP contribution >= 0.6 is 0 Å². The standard InChI is InChI=1S/C16H28N2O2S/c1-4-11-17-14-15-9-7-8-10-16(15)21(19,20)18(12-5-2)13-6-3/h7-10,17H,4-6,11-14H2,1-3H3. The lowest BCUT2D eigenvalue weighted by atomic mass is 10.2. The van der Waals surface area contributed by atoms with Crippen LogP contribution in [-0.2, 0) is 16.6 Å². The fourth-order valence-electron chi connectivity index (χ4n) is 2.29. The van der Waals surface area contributed by atoms with E-state index in [1.165, 1.54) is 0 Å². The Morgan fingerprint density at radius 1 is 1.00 bits per heavy atom. The van der Waals surface area contributed by atoms with Gasteiger partial charge in [-0.2, -0.15) is 4.31 Å². The summed E-state index contributed by atoms with van der Waals surface area (Å²) in [6, 6.07) is 7.31. The third-order valence-electron chi connectivity index (χ3n) is 3.28. The first kappa shape index (κ1) is 18.1. The molecule has 0 amide bonds. The number of nitrogens with zero attached hydrogens (tertiary/aromatic N) is 1. The SMILES string of the molecule is CCCNCc1ccccc1S(=O)(=O)N(CCC)CCC. The molecule has 0 saturated heterocycles. The van der Waals surface area contributed by atoms with Crippen LogP contribution < -0.4 is 5.32 Å². The lowest BCUT2D eigenvalue weighted by Gasteiger charge is -2.22. The summed E-state index contributed by atoms with van der Waals surface area (Å²) in [6.07, 6.45) is 2.69. The van der Waals surface area contributed by atoms with Crippen molar-refractivity contribution in [2.75, 3.05) is 19.6 Å². The topological polar surface area (TPSA) is 49.4 Å². The van der Waals surface area contributed by atoms with Gasteiger partial charge in [0.1, 0.15) is 0 Å². The molecule has 0 aliphatic heterocycles. The van der Waals surface area contributed by atoms with Gasteiger partial charge >= 0.3 is 0 Å². The number of rotatable bonds is 10. The molecule has 0 fully saturated rings. The van der Waals surface area contributed by atoms with Gasteiger partial charge in [-0.05, 0) is 37.4 Å². The highest BCUT2D eigenvalue weighted by Gasteiger charge is 2.25. The van der Waals surface area contributed by atoms with Crippen LogP contribution in [0.3, 0.4) is 0 Å². The quantitative estimate of drug-likeness (QED) is 0.676. The van der Waals surface area contributed by atoms with E-state index in [0.717, 1.165) is 31.4 Å². The van der Waals surface area contributed by atoms with Gasteiger partial charge in [0.05, 0.1) is 4.90 Å². The maximum absolute atomic E-state index is 12.9. The number of benzene rings is 1. The molecule has 0 heterocycles. The average Bonchev–Trinajstić information content (AvgIpc) is 2.47. The van der Waals surface area contributed by atoms with Gasteiger partial charge in [-0.3, -0.25) is 0 Å². The molecule has 0 atom stereocenters. The van der Waals surface area contributed by atoms with E-state index in [9.17, 15) is 8.42 Å². The summed E-state index contributed by atoms with van der Waals surface area (Å²) in [7, 11) is -3.40. The van der Waals surface area contributed by atoms with E-state index in [4.69, 9.17) is 0 Å². The van der Waals surface area contributed by atoms with Crippen molar-refractivity contribution in [3.05, 3.63) is 29.8 Å². The number of hydrogen-bond donors (Lipinski definition) is 1. The maximum atomic E-state index is 12.9. The molecular weight excluding hydrogens is 284 g/mol. The highest BCUT2D eigenvalue weighted by Crippen LogP contribution is 2.20. The molecule has 1 rings (SSSR count). The first-order valence-electron chi connectivity index (χ1n) is 7.86. The Hall–Kier alpha value is -0.910. The van der Waals surface area contributed by atoms with Gasteiger partial charge in [0.2, 0.25) is 10.0 Å². The molecule has 0 radical (unpaired) electrons. The van der Waals surface area contributed by atoms with Gasteiger partial charge < -0.3 is 5.32 Å². The zero-order chi connectivity index (χ0) is 15.7. The van der Waals surface area contributed by atoms with Gasteiger partial charge in [-0.25, -0.2) is 8.42 Å². The predicted octanol–water partition coefficient (Wildman–Crippen LogP) is 3.00. The zero-order valence-corrected chi connectivity index (χ0v) is 14.2. The van der Waals surface area contributed by atoms with Crippen LogP contribution in [0.1, 0.15) is 45.6 Å². The van der Waals surface area contributed by atoms with Gasteiger partial charge in [-0.1, -0.05) is 39.0 Å². The maximum Gasteiger partial charge on any atom is 0.243 e. The molecule has 0 aromatic heterocycles. The molecule has 1 N–H and O–H groups in total. The predicted molar refractivity (Wildman–Crippen MR) is 87.8 cm³/mol. The Bertz CT molecular complexity index is 509. The van der Waals surface area contributed by atoms with E-state index in [0.29, 0.717) is 24.5 Å². The van der Waals surface area contributed by atoms with Crippen LogP contribution in [0.25, 0.3) is 0 Å². The highest BCUT2D eigenvalue weighted by atomic mass is 32.2. The van der Waals surface area contributed by atoms with E-state index >= 15 is 0 Å². The van der Waals surface area contributed by atoms with E-state index in [1.54, 1.807) is 16.4 Å². The van der Waals surface area contributed by atoms with Crippen molar-refractivity contribution in [1.82, 2.24) is 9.62 Å². The molecule has 0 bridgehead atoms. The van der Waals surface area contributed by atoms with Crippen LogP contribution in [0.4, 0.5) is 0 Å². The summed E-state index contributed by atoms with van der Waals surface area (Å²) in [4.78, 5) is 0.440. The second-order valence-electron chi connectivity index (χ2n) is 5.19. The summed E-state index contributed by atoms with van der Waals surface area (Å²) in [6.45, 7) is 8.75. The molecule has 0 saturated carbocycles. The summed E-state index contributed by atoms with van der Waals surface area (Å²) in [5.41, 5.74) is 0.850. The third kappa shape index (κ3) is 5.09. The molecule has 0 aliphatic rings. The Balaban J connectivity index is 3.05. The van der Waals surface area contributed by atoms with Crippen LogP contribution in [0, 0.1) is 0 Å². The van der Waals surface area contributed by atoms with E-state index in [1.807, 2.05) is 26.0 Å². The largest absolute Gasteiger partial charge is 0.313 e. The van der Waals surface area contributed by atoms with E-state index in [2.05, 4.69) is 12.2 Å². The minimum absolute atomic E-state index is 0.440. The smallest absolute Gasteiger partial charge is 0.243 e. The van der Waals surface area contributed by atoms with Crippen LogP contribution in [0.15, 0.2) is 29.2 Å². The zero-order valence-electron chi connectivity index (χ0n) is 13.4. The first-order valence-corrected chi connectivity index (χ1v) is 9.30. The monoisotopic (exact) mass is 312 g/mol. The number of hydrogen-bond acceptors (Lipinski definition) is 3. The number of nitrogens with one attached hydrogen (secondary N) is 1. The van der Waals surface area contributed by atoms with Crippen molar-refractivity contribution in [2.45, 2.75) is 51.5 Å². The normalized spacial score (nSPS) is 12.0. The molecular formula is C16H28N2O2S. The van der Waals surface area contributed by atoms with Crippen molar-refractivity contribution < 1.29 is 8.42 Å². The number of sulfonamides is 1. The van der Waals surface area contributed by atoms with Crippen molar-refractivity contribution >= 4 is 10.0 Å². The van der Waals surface area contributed by atoms with Gasteiger partial charge in [0.15, 0.2) is 0 Å². The summed E-state index contributed by atoms with van der Waals surface area (Å²) >= 11 is 0. The van der Waals surface area contributed by atoms with Crippen molar-refractivity contribution in [2.24, 2.45) is 0 Å². The first-order chi connectivity index (χ1) is 10.1. The fraction of sp³-hybridized carbons (Fsp3) is 0.625.